The summed E-state index contributed by atoms with van der Waals surface area (Å²) in [5.41, 5.74) is 1.06. The van der Waals surface area contributed by atoms with Crippen LogP contribution in [0.15, 0.2) is 28.5 Å². The summed E-state index contributed by atoms with van der Waals surface area (Å²) in [5.74, 6) is -0.372. The van der Waals surface area contributed by atoms with Crippen molar-refractivity contribution in [2.45, 2.75) is 42.9 Å². The van der Waals surface area contributed by atoms with Crippen molar-refractivity contribution in [1.82, 2.24) is 14.5 Å². The Morgan fingerprint density at radius 3 is 2.69 bits per heavy atom. The van der Waals surface area contributed by atoms with E-state index in [4.69, 9.17) is 0 Å². The molecule has 2 saturated heterocycles. The molecule has 2 amide bonds. The molecule has 0 radical (unpaired) electrons. The molecule has 1 aromatic heterocycles. The average Bonchev–Trinajstić information content (AvgIpc) is 3.34. The molecule has 0 bridgehead atoms. The summed E-state index contributed by atoms with van der Waals surface area (Å²) in [6.45, 7) is 3.95. The number of piperidine rings is 1. The molecular formula is C20H25N3O4S2. The van der Waals surface area contributed by atoms with Crippen LogP contribution in [0.25, 0.3) is 10.1 Å². The highest BCUT2D eigenvalue weighted by Gasteiger charge is 2.34. The first-order valence-electron chi connectivity index (χ1n) is 9.92. The van der Waals surface area contributed by atoms with Crippen LogP contribution in [-0.2, 0) is 19.6 Å². The second-order valence-corrected chi connectivity index (χ2v) is 10.8. The number of aryl methyl sites for hydroxylation is 1. The number of nitrogens with one attached hydrogen (secondary N) is 1. The maximum absolute atomic E-state index is 12.9. The number of nitrogens with zero attached hydrogens (tertiary/aromatic N) is 2. The van der Waals surface area contributed by atoms with Crippen molar-refractivity contribution in [2.24, 2.45) is 0 Å². The molecule has 1 atom stereocenters. The Bertz CT molecular complexity index is 1040. The summed E-state index contributed by atoms with van der Waals surface area (Å²) >= 11 is 1.19. The van der Waals surface area contributed by atoms with E-state index in [1.807, 2.05) is 25.1 Å². The Kier molecular flexibility index (Phi) is 5.63. The fraction of sp³-hybridized carbons (Fsp3) is 0.500. The van der Waals surface area contributed by atoms with Gasteiger partial charge < -0.3 is 9.80 Å². The van der Waals surface area contributed by atoms with E-state index in [2.05, 4.69) is 4.72 Å². The van der Waals surface area contributed by atoms with Gasteiger partial charge in [0.25, 0.3) is 10.0 Å². The Labute approximate surface area is 174 Å². The Morgan fingerprint density at radius 1 is 1.17 bits per heavy atom. The minimum Gasteiger partial charge on any atom is -0.341 e. The molecule has 2 fully saturated rings. The highest BCUT2D eigenvalue weighted by molar-refractivity contribution is 7.91. The largest absolute Gasteiger partial charge is 0.341 e. The van der Waals surface area contributed by atoms with Gasteiger partial charge in [0.1, 0.15) is 10.3 Å². The van der Waals surface area contributed by atoms with E-state index in [1.54, 1.807) is 11.0 Å². The quantitative estimate of drug-likeness (QED) is 0.779. The van der Waals surface area contributed by atoms with Crippen LogP contribution in [0.3, 0.4) is 0 Å². The normalized spacial score (nSPS) is 20.6. The highest BCUT2D eigenvalue weighted by Crippen LogP contribution is 2.30. The lowest BCUT2D eigenvalue weighted by molar-refractivity contribution is -0.142. The van der Waals surface area contributed by atoms with E-state index < -0.39 is 16.1 Å². The molecule has 9 heteroatoms. The molecule has 0 saturated carbocycles. The van der Waals surface area contributed by atoms with Gasteiger partial charge in [-0.3, -0.25) is 9.59 Å². The van der Waals surface area contributed by atoms with Gasteiger partial charge in [0.05, 0.1) is 6.54 Å². The molecule has 1 aromatic carbocycles. The number of likely N-dealkylation sites (tertiary alicyclic amines) is 2. The van der Waals surface area contributed by atoms with Gasteiger partial charge in [-0.15, -0.1) is 11.3 Å². The predicted octanol–water partition coefficient (Wildman–Crippen LogP) is 2.10. The maximum atomic E-state index is 12.9. The first kappa shape index (κ1) is 20.3. The van der Waals surface area contributed by atoms with Crippen molar-refractivity contribution in [3.63, 3.8) is 0 Å². The van der Waals surface area contributed by atoms with E-state index in [-0.39, 0.29) is 22.6 Å². The van der Waals surface area contributed by atoms with Gasteiger partial charge in [-0.1, -0.05) is 17.7 Å². The molecule has 3 heterocycles. The van der Waals surface area contributed by atoms with E-state index >= 15 is 0 Å². The summed E-state index contributed by atoms with van der Waals surface area (Å²) in [4.78, 5) is 28.5. The van der Waals surface area contributed by atoms with Crippen LogP contribution in [0.5, 0.6) is 0 Å². The number of hydrogen-bond acceptors (Lipinski definition) is 5. The van der Waals surface area contributed by atoms with E-state index in [9.17, 15) is 18.0 Å². The van der Waals surface area contributed by atoms with Crippen molar-refractivity contribution in [1.29, 1.82) is 0 Å². The van der Waals surface area contributed by atoms with Gasteiger partial charge in [-0.25, -0.2) is 8.42 Å². The standard InChI is InChI=1S/C20H25N3O4S2/c1-14-6-7-17-15(11-14)12-19(28-17)29(26,27)21-16-5-4-10-23(20(16)25)13-18(24)22-8-2-3-9-22/h6-7,11-12,16,21H,2-5,8-10,13H2,1H3/t16-/m0/s1. The van der Waals surface area contributed by atoms with Gasteiger partial charge >= 0.3 is 0 Å². The number of amides is 2. The molecule has 1 N–H and O–H groups in total. The lowest BCUT2D eigenvalue weighted by Gasteiger charge is -2.33. The minimum absolute atomic E-state index is 0.0270. The fourth-order valence-electron chi connectivity index (χ4n) is 3.95. The molecule has 0 unspecified atom stereocenters. The third-order valence-electron chi connectivity index (χ3n) is 5.53. The third-order valence-corrected chi connectivity index (χ3v) is 8.59. The number of carbonyl (C=O) groups is 2. The van der Waals surface area contributed by atoms with Crippen molar-refractivity contribution in [3.05, 3.63) is 29.8 Å². The molecule has 156 valence electrons. The number of hydrogen-bond donors (Lipinski definition) is 1. The molecule has 4 rings (SSSR count). The zero-order valence-corrected chi connectivity index (χ0v) is 18.0. The molecule has 29 heavy (non-hydrogen) atoms. The van der Waals surface area contributed by atoms with Gasteiger partial charge in [0.2, 0.25) is 11.8 Å². The molecule has 2 aliphatic rings. The lowest BCUT2D eigenvalue weighted by Crippen LogP contribution is -2.54. The summed E-state index contributed by atoms with van der Waals surface area (Å²) in [6, 6.07) is 6.63. The Balaban J connectivity index is 1.46. The maximum Gasteiger partial charge on any atom is 0.250 e. The Hall–Kier alpha value is -1.97. The smallest absolute Gasteiger partial charge is 0.250 e. The second kappa shape index (κ2) is 8.04. The third kappa shape index (κ3) is 4.31. The van der Waals surface area contributed by atoms with Crippen LogP contribution in [0.1, 0.15) is 31.2 Å². The zero-order valence-electron chi connectivity index (χ0n) is 16.4. The van der Waals surface area contributed by atoms with Crippen LogP contribution < -0.4 is 4.72 Å². The van der Waals surface area contributed by atoms with Crippen LogP contribution in [0.4, 0.5) is 0 Å². The second-order valence-electron chi connectivity index (χ2n) is 7.77. The van der Waals surface area contributed by atoms with Gasteiger partial charge in [0, 0.05) is 24.3 Å². The van der Waals surface area contributed by atoms with Crippen LogP contribution >= 0.6 is 11.3 Å². The molecule has 0 spiro atoms. The molecule has 0 aliphatic carbocycles. The topological polar surface area (TPSA) is 86.8 Å². The summed E-state index contributed by atoms with van der Waals surface area (Å²) in [6.07, 6.45) is 3.10. The van der Waals surface area contributed by atoms with Gasteiger partial charge in [-0.05, 0) is 50.1 Å². The number of rotatable bonds is 5. The summed E-state index contributed by atoms with van der Waals surface area (Å²) in [5, 5.41) is 0.878. The van der Waals surface area contributed by atoms with E-state index in [0.29, 0.717) is 19.4 Å². The first-order chi connectivity index (χ1) is 13.8. The van der Waals surface area contributed by atoms with Crippen molar-refractivity contribution < 1.29 is 18.0 Å². The molecule has 2 aromatic rings. The van der Waals surface area contributed by atoms with Crippen LogP contribution in [0, 0.1) is 6.92 Å². The van der Waals surface area contributed by atoms with Crippen molar-refractivity contribution >= 4 is 43.3 Å². The van der Waals surface area contributed by atoms with E-state index in [1.165, 1.54) is 16.2 Å². The highest BCUT2D eigenvalue weighted by atomic mass is 32.2. The molecule has 7 nitrogen and oxygen atoms in total. The number of benzene rings is 1. The number of thiophene rings is 1. The van der Waals surface area contributed by atoms with E-state index in [0.717, 1.165) is 41.6 Å². The number of carbonyl (C=O) groups excluding carboxylic acids is 2. The zero-order chi connectivity index (χ0) is 20.6. The minimum atomic E-state index is -3.81. The number of sulfonamides is 1. The van der Waals surface area contributed by atoms with Crippen molar-refractivity contribution in [2.75, 3.05) is 26.2 Å². The SMILES string of the molecule is Cc1ccc2sc(S(=O)(=O)N[C@H]3CCCN(CC(=O)N4CCCC4)C3=O)cc2c1. The average molecular weight is 436 g/mol. The fourth-order valence-corrected chi connectivity index (χ4v) is 6.57. The Morgan fingerprint density at radius 2 is 1.93 bits per heavy atom. The molecule has 2 aliphatic heterocycles. The van der Waals surface area contributed by atoms with Crippen molar-refractivity contribution in [3.8, 4) is 0 Å². The first-order valence-corrected chi connectivity index (χ1v) is 12.2. The van der Waals surface area contributed by atoms with Gasteiger partial charge in [0.15, 0.2) is 0 Å². The summed E-state index contributed by atoms with van der Waals surface area (Å²) < 4.78 is 29.5. The van der Waals surface area contributed by atoms with Gasteiger partial charge in [-0.2, -0.15) is 4.72 Å². The predicted molar refractivity (Wildman–Crippen MR) is 112 cm³/mol. The number of fused-ring (bicyclic) bond motifs is 1. The van der Waals surface area contributed by atoms with Crippen LogP contribution in [-0.4, -0.2) is 62.3 Å². The van der Waals surface area contributed by atoms with Crippen LogP contribution in [0.2, 0.25) is 0 Å². The lowest BCUT2D eigenvalue weighted by atomic mass is 10.1. The molecular weight excluding hydrogens is 410 g/mol. The summed E-state index contributed by atoms with van der Waals surface area (Å²) in [7, 11) is -3.81. The monoisotopic (exact) mass is 435 g/mol.